The lowest BCUT2D eigenvalue weighted by molar-refractivity contribution is -0.138. The van der Waals surface area contributed by atoms with E-state index in [1.807, 2.05) is 0 Å². The Balaban J connectivity index is 2.01. The van der Waals surface area contributed by atoms with Gasteiger partial charge in [0.25, 0.3) is 0 Å². The molecule has 2 aliphatic heterocycles. The van der Waals surface area contributed by atoms with E-state index in [2.05, 4.69) is 5.32 Å². The maximum Gasteiger partial charge on any atom is 0.320 e. The Labute approximate surface area is 117 Å². The second-order valence-electron chi connectivity index (χ2n) is 5.31. The number of carbonyl (C=O) groups excluding carboxylic acids is 2. The third-order valence-corrected chi connectivity index (χ3v) is 3.87. The van der Waals surface area contributed by atoms with Crippen molar-refractivity contribution in [3.8, 4) is 0 Å². The molecule has 2 rings (SSSR count). The van der Waals surface area contributed by atoms with Crippen molar-refractivity contribution in [1.29, 1.82) is 0 Å². The van der Waals surface area contributed by atoms with E-state index in [1.165, 1.54) is 0 Å². The van der Waals surface area contributed by atoms with Crippen molar-refractivity contribution < 1.29 is 19.5 Å². The van der Waals surface area contributed by atoms with Crippen LogP contribution in [0.5, 0.6) is 0 Å². The summed E-state index contributed by atoms with van der Waals surface area (Å²) in [5, 5.41) is 11.7. The highest BCUT2D eigenvalue weighted by Crippen LogP contribution is 2.21. The molecule has 0 radical (unpaired) electrons. The van der Waals surface area contributed by atoms with Crippen LogP contribution < -0.4 is 5.32 Å². The molecule has 0 saturated carbocycles. The third kappa shape index (κ3) is 3.61. The molecule has 0 bridgehead atoms. The Kier molecular flexibility index (Phi) is 4.81. The Morgan fingerprint density at radius 2 is 2.05 bits per heavy atom. The minimum atomic E-state index is -0.873. The van der Waals surface area contributed by atoms with E-state index in [1.54, 1.807) is 9.80 Å². The summed E-state index contributed by atoms with van der Waals surface area (Å²) in [6, 6.07) is -0.354. The number of amides is 3. The first-order valence-corrected chi connectivity index (χ1v) is 7.12. The van der Waals surface area contributed by atoms with Crippen molar-refractivity contribution in [3.05, 3.63) is 0 Å². The number of urea groups is 1. The number of piperidine rings is 1. The largest absolute Gasteiger partial charge is 0.481 e. The van der Waals surface area contributed by atoms with Gasteiger partial charge in [0.05, 0.1) is 6.42 Å². The molecule has 0 aromatic carbocycles. The zero-order chi connectivity index (χ0) is 14.5. The van der Waals surface area contributed by atoms with Crippen molar-refractivity contribution in [3.63, 3.8) is 0 Å². The maximum atomic E-state index is 12.5. The summed E-state index contributed by atoms with van der Waals surface area (Å²) in [6.07, 6.45) is 2.91. The standard InChI is InChI=1S/C13H21N3O4/c17-11-4-7-15(8-5-14-11)13(20)16-6-2-1-3-10(16)9-12(18)19/h10H,1-9H2,(H,14,17)(H,18,19). The minimum Gasteiger partial charge on any atom is -0.481 e. The first kappa shape index (κ1) is 14.6. The van der Waals surface area contributed by atoms with Crippen molar-refractivity contribution in [2.75, 3.05) is 26.2 Å². The molecule has 3 amide bonds. The quantitative estimate of drug-likeness (QED) is 0.760. The fourth-order valence-electron chi connectivity index (χ4n) is 2.81. The van der Waals surface area contributed by atoms with Gasteiger partial charge in [-0.25, -0.2) is 4.79 Å². The Morgan fingerprint density at radius 1 is 1.25 bits per heavy atom. The molecule has 0 aromatic rings. The van der Waals surface area contributed by atoms with E-state index in [0.717, 1.165) is 19.3 Å². The van der Waals surface area contributed by atoms with E-state index >= 15 is 0 Å². The lowest BCUT2D eigenvalue weighted by Crippen LogP contribution is -2.51. The molecule has 2 aliphatic rings. The van der Waals surface area contributed by atoms with Gasteiger partial charge in [0.1, 0.15) is 0 Å². The number of carbonyl (C=O) groups is 3. The first-order chi connectivity index (χ1) is 9.58. The van der Waals surface area contributed by atoms with E-state index < -0.39 is 5.97 Å². The number of carboxylic acid groups (broad SMARTS) is 1. The number of nitrogens with zero attached hydrogens (tertiary/aromatic N) is 2. The van der Waals surface area contributed by atoms with Crippen LogP contribution in [0.15, 0.2) is 0 Å². The van der Waals surface area contributed by atoms with Gasteiger partial charge in [0.15, 0.2) is 0 Å². The lowest BCUT2D eigenvalue weighted by Gasteiger charge is -2.38. The Hall–Kier alpha value is -1.79. The zero-order valence-electron chi connectivity index (χ0n) is 11.5. The van der Waals surface area contributed by atoms with Gasteiger partial charge < -0.3 is 20.2 Å². The van der Waals surface area contributed by atoms with Gasteiger partial charge in [-0.05, 0) is 19.3 Å². The highest BCUT2D eigenvalue weighted by atomic mass is 16.4. The molecule has 7 heteroatoms. The molecule has 2 saturated heterocycles. The minimum absolute atomic E-state index is 0.00321. The summed E-state index contributed by atoms with van der Waals surface area (Å²) in [7, 11) is 0. The summed E-state index contributed by atoms with van der Waals surface area (Å²) < 4.78 is 0. The van der Waals surface area contributed by atoms with Crippen LogP contribution in [0.25, 0.3) is 0 Å². The van der Waals surface area contributed by atoms with Crippen molar-refractivity contribution in [1.82, 2.24) is 15.1 Å². The van der Waals surface area contributed by atoms with Crippen molar-refractivity contribution in [2.45, 2.75) is 38.1 Å². The predicted octanol–water partition coefficient (Wildman–Crippen LogP) is 0.258. The molecule has 2 heterocycles. The number of rotatable bonds is 2. The highest BCUT2D eigenvalue weighted by molar-refractivity contribution is 5.80. The fraction of sp³-hybridized carbons (Fsp3) is 0.769. The molecular weight excluding hydrogens is 262 g/mol. The average molecular weight is 283 g/mol. The first-order valence-electron chi connectivity index (χ1n) is 7.12. The topological polar surface area (TPSA) is 89.9 Å². The molecule has 2 N–H and O–H groups in total. The number of hydrogen-bond donors (Lipinski definition) is 2. The summed E-state index contributed by atoms with van der Waals surface area (Å²) >= 11 is 0. The smallest absolute Gasteiger partial charge is 0.320 e. The normalized spacial score (nSPS) is 24.0. The lowest BCUT2D eigenvalue weighted by atomic mass is 10.00. The van der Waals surface area contributed by atoms with E-state index in [0.29, 0.717) is 32.6 Å². The van der Waals surface area contributed by atoms with E-state index in [4.69, 9.17) is 5.11 Å². The summed E-state index contributed by atoms with van der Waals surface area (Å²) in [6.45, 7) is 1.96. The fourth-order valence-corrected chi connectivity index (χ4v) is 2.81. The van der Waals surface area contributed by atoms with Gasteiger partial charge in [0, 0.05) is 38.6 Å². The van der Waals surface area contributed by atoms with E-state index in [-0.39, 0.29) is 24.4 Å². The number of hydrogen-bond acceptors (Lipinski definition) is 3. The molecule has 2 fully saturated rings. The molecule has 0 aromatic heterocycles. The molecule has 1 atom stereocenters. The zero-order valence-corrected chi connectivity index (χ0v) is 11.5. The number of likely N-dealkylation sites (tertiary alicyclic amines) is 1. The van der Waals surface area contributed by atoms with Crippen LogP contribution in [0.2, 0.25) is 0 Å². The van der Waals surface area contributed by atoms with Crippen LogP contribution in [0.1, 0.15) is 32.1 Å². The summed E-state index contributed by atoms with van der Waals surface area (Å²) in [4.78, 5) is 38.0. The second kappa shape index (κ2) is 6.58. The van der Waals surface area contributed by atoms with Crippen molar-refractivity contribution in [2.24, 2.45) is 0 Å². The molecule has 7 nitrogen and oxygen atoms in total. The van der Waals surface area contributed by atoms with Gasteiger partial charge in [-0.3, -0.25) is 9.59 Å². The summed E-state index contributed by atoms with van der Waals surface area (Å²) in [5.74, 6) is -0.913. The van der Waals surface area contributed by atoms with Crippen molar-refractivity contribution >= 4 is 17.9 Å². The SMILES string of the molecule is O=C(O)CC1CCCCN1C(=O)N1CCNC(=O)CC1. The number of nitrogens with one attached hydrogen (secondary N) is 1. The molecule has 20 heavy (non-hydrogen) atoms. The molecule has 1 unspecified atom stereocenters. The van der Waals surface area contributed by atoms with Crippen LogP contribution in [0.3, 0.4) is 0 Å². The van der Waals surface area contributed by atoms with Crippen LogP contribution in [-0.4, -0.2) is 65.0 Å². The van der Waals surface area contributed by atoms with Crippen LogP contribution >= 0.6 is 0 Å². The molecule has 0 spiro atoms. The number of carboxylic acids is 1. The van der Waals surface area contributed by atoms with E-state index in [9.17, 15) is 14.4 Å². The average Bonchev–Trinajstić information content (AvgIpc) is 2.63. The Morgan fingerprint density at radius 3 is 2.80 bits per heavy atom. The third-order valence-electron chi connectivity index (χ3n) is 3.87. The molecule has 112 valence electrons. The van der Waals surface area contributed by atoms with Gasteiger partial charge in [0.2, 0.25) is 5.91 Å². The van der Waals surface area contributed by atoms with Gasteiger partial charge in [-0.2, -0.15) is 0 Å². The van der Waals surface area contributed by atoms with Crippen LogP contribution in [0.4, 0.5) is 4.79 Å². The maximum absolute atomic E-state index is 12.5. The van der Waals surface area contributed by atoms with Gasteiger partial charge in [-0.1, -0.05) is 0 Å². The second-order valence-corrected chi connectivity index (χ2v) is 5.31. The predicted molar refractivity (Wildman–Crippen MR) is 71.2 cm³/mol. The Bertz CT molecular complexity index is 399. The molecule has 0 aliphatic carbocycles. The number of aliphatic carboxylic acids is 1. The van der Waals surface area contributed by atoms with Crippen LogP contribution in [0, 0.1) is 0 Å². The highest BCUT2D eigenvalue weighted by Gasteiger charge is 2.31. The van der Waals surface area contributed by atoms with Gasteiger partial charge in [-0.15, -0.1) is 0 Å². The monoisotopic (exact) mass is 283 g/mol. The van der Waals surface area contributed by atoms with Crippen LogP contribution in [-0.2, 0) is 9.59 Å². The summed E-state index contributed by atoms with van der Waals surface area (Å²) in [5.41, 5.74) is 0. The van der Waals surface area contributed by atoms with Gasteiger partial charge >= 0.3 is 12.0 Å². The molecular formula is C13H21N3O4.